The molecule has 0 aliphatic carbocycles. The quantitative estimate of drug-likeness (QED) is 0.833. The van der Waals surface area contributed by atoms with Crippen molar-refractivity contribution in [2.24, 2.45) is 5.92 Å². The van der Waals surface area contributed by atoms with Gasteiger partial charge in [-0.15, -0.1) is 0 Å². The maximum atomic E-state index is 10.5. The van der Waals surface area contributed by atoms with Gasteiger partial charge in [-0.3, -0.25) is 4.79 Å². The van der Waals surface area contributed by atoms with Gasteiger partial charge in [-0.1, -0.05) is 26.0 Å². The number of hydrogen-bond acceptors (Lipinski definition) is 2. The normalized spacial score (nSPS) is 10.5. The first kappa shape index (κ1) is 12.6. The standard InChI is InChI=1S/C13H18O3/c1-9(2)8-16-12-5-4-11(6-10(12)3)7-13(14)15/h4-6,9H,7-8H2,1-3H3,(H,14,15). The molecule has 0 aliphatic heterocycles. The first-order valence-corrected chi connectivity index (χ1v) is 5.43. The van der Waals surface area contributed by atoms with Crippen molar-refractivity contribution in [3.8, 4) is 5.75 Å². The minimum Gasteiger partial charge on any atom is -0.493 e. The van der Waals surface area contributed by atoms with Crippen molar-refractivity contribution in [1.29, 1.82) is 0 Å². The summed E-state index contributed by atoms with van der Waals surface area (Å²) in [5.74, 6) is 0.510. The van der Waals surface area contributed by atoms with E-state index in [1.165, 1.54) is 0 Å². The molecule has 0 heterocycles. The Morgan fingerprint density at radius 1 is 1.44 bits per heavy atom. The number of aliphatic carboxylic acids is 1. The van der Waals surface area contributed by atoms with Crippen LogP contribution in [-0.2, 0) is 11.2 Å². The van der Waals surface area contributed by atoms with Crippen LogP contribution in [0.3, 0.4) is 0 Å². The Morgan fingerprint density at radius 3 is 2.62 bits per heavy atom. The Kier molecular flexibility index (Phi) is 4.35. The molecule has 3 heteroatoms. The van der Waals surface area contributed by atoms with Gasteiger partial charge in [-0.2, -0.15) is 0 Å². The largest absolute Gasteiger partial charge is 0.493 e. The lowest BCUT2D eigenvalue weighted by Crippen LogP contribution is -2.06. The number of carboxylic acid groups (broad SMARTS) is 1. The van der Waals surface area contributed by atoms with Crippen LogP contribution in [-0.4, -0.2) is 17.7 Å². The SMILES string of the molecule is Cc1cc(CC(=O)O)ccc1OCC(C)C. The zero-order valence-electron chi connectivity index (χ0n) is 9.99. The van der Waals surface area contributed by atoms with Gasteiger partial charge in [-0.05, 0) is 30.0 Å². The van der Waals surface area contributed by atoms with Gasteiger partial charge in [0, 0.05) is 0 Å². The van der Waals surface area contributed by atoms with E-state index in [0.29, 0.717) is 12.5 Å². The molecule has 88 valence electrons. The van der Waals surface area contributed by atoms with Crippen LogP contribution < -0.4 is 4.74 Å². The van der Waals surface area contributed by atoms with Gasteiger partial charge in [0.05, 0.1) is 13.0 Å². The number of ether oxygens (including phenoxy) is 1. The second-order valence-corrected chi connectivity index (χ2v) is 4.38. The van der Waals surface area contributed by atoms with Crippen molar-refractivity contribution in [2.75, 3.05) is 6.61 Å². The molecule has 0 radical (unpaired) electrons. The Balaban J connectivity index is 2.71. The summed E-state index contributed by atoms with van der Waals surface area (Å²) in [6.07, 6.45) is 0.0608. The fourth-order valence-electron chi connectivity index (χ4n) is 1.41. The van der Waals surface area contributed by atoms with Crippen molar-refractivity contribution < 1.29 is 14.6 Å². The molecule has 0 aliphatic rings. The molecule has 0 atom stereocenters. The van der Waals surface area contributed by atoms with Crippen LogP contribution in [0.15, 0.2) is 18.2 Å². The minimum absolute atomic E-state index is 0.0608. The van der Waals surface area contributed by atoms with E-state index < -0.39 is 5.97 Å². The number of carbonyl (C=O) groups is 1. The van der Waals surface area contributed by atoms with Crippen LogP contribution in [0.1, 0.15) is 25.0 Å². The Hall–Kier alpha value is -1.51. The van der Waals surface area contributed by atoms with Crippen LogP contribution in [0, 0.1) is 12.8 Å². The van der Waals surface area contributed by atoms with E-state index in [-0.39, 0.29) is 6.42 Å². The predicted octanol–water partition coefficient (Wildman–Crippen LogP) is 2.66. The molecule has 0 bridgehead atoms. The van der Waals surface area contributed by atoms with E-state index in [1.54, 1.807) is 6.07 Å². The summed E-state index contributed by atoms with van der Waals surface area (Å²) in [5.41, 5.74) is 1.79. The summed E-state index contributed by atoms with van der Waals surface area (Å²) in [6.45, 7) is 6.79. The number of carboxylic acids is 1. The summed E-state index contributed by atoms with van der Waals surface area (Å²) < 4.78 is 5.61. The Morgan fingerprint density at radius 2 is 2.12 bits per heavy atom. The molecule has 1 N–H and O–H groups in total. The zero-order valence-corrected chi connectivity index (χ0v) is 9.99. The van der Waals surface area contributed by atoms with Gasteiger partial charge in [0.1, 0.15) is 5.75 Å². The maximum Gasteiger partial charge on any atom is 0.307 e. The Labute approximate surface area is 96.1 Å². The third-order valence-corrected chi connectivity index (χ3v) is 2.17. The molecule has 0 fully saturated rings. The molecule has 0 aromatic heterocycles. The first-order valence-electron chi connectivity index (χ1n) is 5.43. The number of hydrogen-bond donors (Lipinski definition) is 1. The summed E-state index contributed by atoms with van der Waals surface area (Å²) in [6, 6.07) is 5.51. The van der Waals surface area contributed by atoms with Gasteiger partial charge in [-0.25, -0.2) is 0 Å². The summed E-state index contributed by atoms with van der Waals surface area (Å²) in [5, 5.41) is 8.67. The molecule has 0 saturated heterocycles. The van der Waals surface area contributed by atoms with E-state index >= 15 is 0 Å². The highest BCUT2D eigenvalue weighted by atomic mass is 16.5. The van der Waals surface area contributed by atoms with Crippen molar-refractivity contribution in [1.82, 2.24) is 0 Å². The van der Waals surface area contributed by atoms with Crippen molar-refractivity contribution in [3.05, 3.63) is 29.3 Å². The highest BCUT2D eigenvalue weighted by Gasteiger charge is 2.05. The molecule has 3 nitrogen and oxygen atoms in total. The van der Waals surface area contributed by atoms with E-state index in [4.69, 9.17) is 9.84 Å². The van der Waals surface area contributed by atoms with E-state index in [0.717, 1.165) is 16.9 Å². The highest BCUT2D eigenvalue weighted by Crippen LogP contribution is 2.20. The van der Waals surface area contributed by atoms with Crippen molar-refractivity contribution >= 4 is 5.97 Å². The summed E-state index contributed by atoms with van der Waals surface area (Å²) >= 11 is 0. The molecule has 16 heavy (non-hydrogen) atoms. The van der Waals surface area contributed by atoms with E-state index in [1.807, 2.05) is 19.1 Å². The van der Waals surface area contributed by atoms with Gasteiger partial charge in [0.15, 0.2) is 0 Å². The monoisotopic (exact) mass is 222 g/mol. The molecule has 1 rings (SSSR count). The molecular weight excluding hydrogens is 204 g/mol. The molecule has 0 spiro atoms. The van der Waals surface area contributed by atoms with Crippen LogP contribution in [0.2, 0.25) is 0 Å². The smallest absolute Gasteiger partial charge is 0.307 e. The predicted molar refractivity (Wildman–Crippen MR) is 62.9 cm³/mol. The van der Waals surface area contributed by atoms with Crippen molar-refractivity contribution in [2.45, 2.75) is 27.2 Å². The molecular formula is C13H18O3. The second-order valence-electron chi connectivity index (χ2n) is 4.38. The fraction of sp³-hybridized carbons (Fsp3) is 0.462. The second kappa shape index (κ2) is 5.54. The maximum absolute atomic E-state index is 10.5. The number of benzene rings is 1. The Bertz CT molecular complexity index is 369. The van der Waals surface area contributed by atoms with Gasteiger partial charge in [0.2, 0.25) is 0 Å². The van der Waals surface area contributed by atoms with Crippen LogP contribution in [0.5, 0.6) is 5.75 Å². The zero-order chi connectivity index (χ0) is 12.1. The van der Waals surface area contributed by atoms with Gasteiger partial charge < -0.3 is 9.84 Å². The lowest BCUT2D eigenvalue weighted by atomic mass is 10.1. The number of rotatable bonds is 5. The summed E-state index contributed by atoms with van der Waals surface area (Å²) in [7, 11) is 0. The minimum atomic E-state index is -0.810. The molecule has 0 unspecified atom stereocenters. The van der Waals surface area contributed by atoms with Crippen LogP contribution in [0.25, 0.3) is 0 Å². The first-order chi connectivity index (χ1) is 7.49. The van der Waals surface area contributed by atoms with Gasteiger partial charge >= 0.3 is 5.97 Å². The highest BCUT2D eigenvalue weighted by molar-refractivity contribution is 5.70. The topological polar surface area (TPSA) is 46.5 Å². The molecule has 0 saturated carbocycles. The third kappa shape index (κ3) is 3.93. The molecule has 0 amide bonds. The summed E-state index contributed by atoms with van der Waals surface area (Å²) in [4.78, 5) is 10.5. The molecule has 1 aromatic rings. The average Bonchev–Trinajstić information content (AvgIpc) is 2.15. The van der Waals surface area contributed by atoms with Gasteiger partial charge in [0.25, 0.3) is 0 Å². The lowest BCUT2D eigenvalue weighted by molar-refractivity contribution is -0.136. The fourth-order valence-corrected chi connectivity index (χ4v) is 1.41. The molecule has 1 aromatic carbocycles. The number of aryl methyl sites for hydroxylation is 1. The van der Waals surface area contributed by atoms with E-state index in [9.17, 15) is 4.79 Å². The third-order valence-electron chi connectivity index (χ3n) is 2.17. The van der Waals surface area contributed by atoms with Crippen molar-refractivity contribution in [3.63, 3.8) is 0 Å². The van der Waals surface area contributed by atoms with Crippen LogP contribution >= 0.6 is 0 Å². The van der Waals surface area contributed by atoms with Crippen LogP contribution in [0.4, 0.5) is 0 Å². The lowest BCUT2D eigenvalue weighted by Gasteiger charge is -2.11. The average molecular weight is 222 g/mol. The van der Waals surface area contributed by atoms with E-state index in [2.05, 4.69) is 13.8 Å².